The molecule has 17 heavy (non-hydrogen) atoms. The maximum atomic E-state index is 12.1. The topological polar surface area (TPSA) is 58.6 Å². The van der Waals surface area contributed by atoms with E-state index in [-0.39, 0.29) is 4.90 Å². The van der Waals surface area contributed by atoms with Gasteiger partial charge in [-0.1, -0.05) is 0 Å². The van der Waals surface area contributed by atoms with E-state index in [0.29, 0.717) is 13.2 Å². The van der Waals surface area contributed by atoms with E-state index in [9.17, 15) is 8.42 Å². The molecule has 0 amide bonds. The normalized spacial score (nSPS) is 11.8. The first-order chi connectivity index (χ1) is 8.02. The number of sulfonamides is 1. The van der Waals surface area contributed by atoms with Crippen molar-refractivity contribution in [1.29, 1.82) is 0 Å². The van der Waals surface area contributed by atoms with E-state index in [1.807, 2.05) is 0 Å². The van der Waals surface area contributed by atoms with E-state index >= 15 is 0 Å². The summed E-state index contributed by atoms with van der Waals surface area (Å²) in [4.78, 5) is 0.287. The van der Waals surface area contributed by atoms with Crippen LogP contribution in [0.1, 0.15) is 0 Å². The molecular formula is C11H18N2O3S. The lowest BCUT2D eigenvalue weighted by molar-refractivity contribution is 0.185. The summed E-state index contributed by atoms with van der Waals surface area (Å²) in [5.74, 6) is 0. The Bertz CT molecular complexity index is 442. The Balaban J connectivity index is 2.88. The van der Waals surface area contributed by atoms with Gasteiger partial charge in [0.25, 0.3) is 0 Å². The molecule has 0 aromatic heterocycles. The van der Waals surface area contributed by atoms with Crippen LogP contribution in [0.5, 0.6) is 0 Å². The third-order valence-electron chi connectivity index (χ3n) is 2.46. The predicted molar refractivity (Wildman–Crippen MR) is 67.7 cm³/mol. The number of rotatable bonds is 6. The number of benzene rings is 1. The second-order valence-electron chi connectivity index (χ2n) is 3.59. The highest BCUT2D eigenvalue weighted by molar-refractivity contribution is 7.89. The smallest absolute Gasteiger partial charge is 0.242 e. The summed E-state index contributed by atoms with van der Waals surface area (Å²) in [5.41, 5.74) is 0.878. The number of likely N-dealkylation sites (N-methyl/N-ethyl adjacent to an activating group) is 1. The third-order valence-corrected chi connectivity index (χ3v) is 4.33. The zero-order chi connectivity index (χ0) is 12.9. The van der Waals surface area contributed by atoms with Crippen LogP contribution in [0.25, 0.3) is 0 Å². The fraction of sp³-hybridized carbons (Fsp3) is 0.455. The van der Waals surface area contributed by atoms with E-state index in [1.165, 1.54) is 4.31 Å². The number of hydrogen-bond donors (Lipinski definition) is 1. The lowest BCUT2D eigenvalue weighted by Gasteiger charge is -2.16. The van der Waals surface area contributed by atoms with Crippen LogP contribution in [0.3, 0.4) is 0 Å². The summed E-state index contributed by atoms with van der Waals surface area (Å²) < 4.78 is 30.3. The van der Waals surface area contributed by atoms with Gasteiger partial charge in [-0.25, -0.2) is 8.42 Å². The monoisotopic (exact) mass is 258 g/mol. The SMILES string of the molecule is CNc1ccc(S(=O)(=O)N(C)CCOC)cc1. The van der Waals surface area contributed by atoms with E-state index in [1.54, 1.807) is 45.5 Å². The van der Waals surface area contributed by atoms with Gasteiger partial charge in [0.15, 0.2) is 0 Å². The van der Waals surface area contributed by atoms with Crippen LogP contribution in [-0.4, -0.2) is 47.1 Å². The summed E-state index contributed by atoms with van der Waals surface area (Å²) >= 11 is 0. The van der Waals surface area contributed by atoms with Gasteiger partial charge in [0.05, 0.1) is 11.5 Å². The van der Waals surface area contributed by atoms with E-state index in [2.05, 4.69) is 5.32 Å². The third kappa shape index (κ3) is 3.42. The minimum atomic E-state index is -3.41. The largest absolute Gasteiger partial charge is 0.388 e. The Morgan fingerprint density at radius 1 is 1.29 bits per heavy atom. The molecule has 0 unspecified atom stereocenters. The molecule has 0 saturated carbocycles. The Morgan fingerprint density at radius 2 is 1.88 bits per heavy atom. The Morgan fingerprint density at radius 3 is 2.35 bits per heavy atom. The van der Waals surface area contributed by atoms with Crippen molar-refractivity contribution in [2.45, 2.75) is 4.90 Å². The molecule has 0 aliphatic rings. The predicted octanol–water partition coefficient (Wildman–Crippen LogP) is 0.995. The molecule has 0 aliphatic carbocycles. The fourth-order valence-corrected chi connectivity index (χ4v) is 2.47. The number of anilines is 1. The highest BCUT2D eigenvalue weighted by Crippen LogP contribution is 2.16. The van der Waals surface area contributed by atoms with Crippen LogP contribution in [0, 0.1) is 0 Å². The molecule has 0 bridgehead atoms. The summed E-state index contributed by atoms with van der Waals surface area (Å²) in [6.07, 6.45) is 0. The molecule has 0 aliphatic heterocycles. The second kappa shape index (κ2) is 6.00. The zero-order valence-electron chi connectivity index (χ0n) is 10.3. The molecule has 0 atom stereocenters. The van der Waals surface area contributed by atoms with Crippen molar-refractivity contribution < 1.29 is 13.2 Å². The van der Waals surface area contributed by atoms with Crippen molar-refractivity contribution in [2.75, 3.05) is 39.7 Å². The van der Waals surface area contributed by atoms with Gasteiger partial charge in [0.2, 0.25) is 10.0 Å². The molecule has 0 radical (unpaired) electrons. The van der Waals surface area contributed by atoms with Gasteiger partial charge in [0.1, 0.15) is 0 Å². The molecule has 0 fully saturated rings. The lowest BCUT2D eigenvalue weighted by Crippen LogP contribution is -2.30. The Kier molecular flexibility index (Phi) is 4.92. The molecule has 1 N–H and O–H groups in total. The number of hydrogen-bond acceptors (Lipinski definition) is 4. The second-order valence-corrected chi connectivity index (χ2v) is 5.64. The van der Waals surface area contributed by atoms with E-state index < -0.39 is 10.0 Å². The molecule has 5 nitrogen and oxygen atoms in total. The molecule has 0 saturated heterocycles. The van der Waals surface area contributed by atoms with Gasteiger partial charge in [-0.2, -0.15) is 4.31 Å². The van der Waals surface area contributed by atoms with Crippen LogP contribution >= 0.6 is 0 Å². The number of nitrogens with zero attached hydrogens (tertiary/aromatic N) is 1. The van der Waals surface area contributed by atoms with Crippen molar-refractivity contribution >= 4 is 15.7 Å². The van der Waals surface area contributed by atoms with Gasteiger partial charge >= 0.3 is 0 Å². The minimum Gasteiger partial charge on any atom is -0.388 e. The molecule has 1 aromatic carbocycles. The molecule has 1 aromatic rings. The molecular weight excluding hydrogens is 240 g/mol. The quantitative estimate of drug-likeness (QED) is 0.827. The summed E-state index contributed by atoms with van der Waals surface area (Å²) in [6, 6.07) is 6.64. The molecule has 0 heterocycles. The highest BCUT2D eigenvalue weighted by atomic mass is 32.2. The first-order valence-electron chi connectivity index (χ1n) is 5.25. The lowest BCUT2D eigenvalue weighted by atomic mass is 10.3. The summed E-state index contributed by atoms with van der Waals surface area (Å²) in [5, 5.41) is 2.94. The van der Waals surface area contributed by atoms with Crippen LogP contribution in [-0.2, 0) is 14.8 Å². The fourth-order valence-electron chi connectivity index (χ4n) is 1.31. The minimum absolute atomic E-state index is 0.287. The van der Waals surface area contributed by atoms with Gasteiger partial charge in [-0.3, -0.25) is 0 Å². The summed E-state index contributed by atoms with van der Waals surface area (Å²) in [7, 11) is 1.46. The van der Waals surface area contributed by atoms with Crippen LogP contribution in [0.15, 0.2) is 29.2 Å². The Hall–Kier alpha value is -1.11. The van der Waals surface area contributed by atoms with Crippen LogP contribution in [0.2, 0.25) is 0 Å². The van der Waals surface area contributed by atoms with Gasteiger partial charge in [0, 0.05) is 33.4 Å². The van der Waals surface area contributed by atoms with Crippen molar-refractivity contribution in [3.63, 3.8) is 0 Å². The number of ether oxygens (including phenoxy) is 1. The van der Waals surface area contributed by atoms with Crippen molar-refractivity contribution in [3.8, 4) is 0 Å². The maximum absolute atomic E-state index is 12.1. The zero-order valence-corrected chi connectivity index (χ0v) is 11.1. The molecule has 96 valence electrons. The number of nitrogens with one attached hydrogen (secondary N) is 1. The highest BCUT2D eigenvalue weighted by Gasteiger charge is 2.19. The van der Waals surface area contributed by atoms with Gasteiger partial charge in [-0.15, -0.1) is 0 Å². The average Bonchev–Trinajstić information content (AvgIpc) is 2.35. The summed E-state index contributed by atoms with van der Waals surface area (Å²) in [6.45, 7) is 0.719. The standard InChI is InChI=1S/C11H18N2O3S/c1-12-10-4-6-11(7-5-10)17(14,15)13(2)8-9-16-3/h4-7,12H,8-9H2,1-3H3. The first-order valence-corrected chi connectivity index (χ1v) is 6.69. The van der Waals surface area contributed by atoms with Crippen LogP contribution < -0.4 is 5.32 Å². The van der Waals surface area contributed by atoms with Crippen molar-refractivity contribution in [3.05, 3.63) is 24.3 Å². The van der Waals surface area contributed by atoms with E-state index in [4.69, 9.17) is 4.74 Å². The van der Waals surface area contributed by atoms with Gasteiger partial charge < -0.3 is 10.1 Å². The van der Waals surface area contributed by atoms with Crippen molar-refractivity contribution in [2.24, 2.45) is 0 Å². The van der Waals surface area contributed by atoms with Gasteiger partial charge in [-0.05, 0) is 24.3 Å². The molecule has 1 rings (SSSR count). The molecule has 0 spiro atoms. The van der Waals surface area contributed by atoms with Crippen molar-refractivity contribution in [1.82, 2.24) is 4.31 Å². The Labute approximate surface area is 102 Å². The van der Waals surface area contributed by atoms with E-state index in [0.717, 1.165) is 5.69 Å². The average molecular weight is 258 g/mol. The van der Waals surface area contributed by atoms with Crippen LogP contribution in [0.4, 0.5) is 5.69 Å². The molecule has 6 heteroatoms. The maximum Gasteiger partial charge on any atom is 0.242 e. The first kappa shape index (κ1) is 14.0. The number of methoxy groups -OCH3 is 1.